The number of ether oxygens (including phenoxy) is 2. The minimum absolute atomic E-state index is 0.266. The maximum atomic E-state index is 6.54. The fourth-order valence-corrected chi connectivity index (χ4v) is 4.29. The third-order valence-electron chi connectivity index (χ3n) is 5.44. The molecule has 0 spiro atoms. The smallest absolute Gasteiger partial charge is 0.231 e. The van der Waals surface area contributed by atoms with Gasteiger partial charge in [-0.25, -0.2) is 0 Å². The summed E-state index contributed by atoms with van der Waals surface area (Å²) in [5, 5.41) is 0.731. The molecule has 0 amide bonds. The fourth-order valence-electron chi connectivity index (χ4n) is 4.07. The van der Waals surface area contributed by atoms with Crippen LogP contribution in [0.2, 0.25) is 5.02 Å². The Kier molecular flexibility index (Phi) is 5.81. The van der Waals surface area contributed by atoms with Gasteiger partial charge in [-0.3, -0.25) is 14.8 Å². The quantitative estimate of drug-likeness (QED) is 0.719. The predicted octanol–water partition coefficient (Wildman–Crippen LogP) is 3.95. The molecule has 2 aliphatic rings. The molecule has 1 aromatic heterocycles. The summed E-state index contributed by atoms with van der Waals surface area (Å²) in [7, 11) is 0. The molecule has 0 radical (unpaired) electrons. The monoisotopic (exact) mass is 387 g/mol. The summed E-state index contributed by atoms with van der Waals surface area (Å²) in [4.78, 5) is 9.32. The molecule has 1 atom stereocenters. The summed E-state index contributed by atoms with van der Waals surface area (Å²) in [5.74, 6) is 1.52. The second-order valence-electron chi connectivity index (χ2n) is 7.25. The van der Waals surface area contributed by atoms with Gasteiger partial charge in [0.15, 0.2) is 11.5 Å². The van der Waals surface area contributed by atoms with E-state index in [1.807, 2.05) is 30.6 Å². The Bertz CT molecular complexity index is 772. The highest BCUT2D eigenvalue weighted by molar-refractivity contribution is 6.31. The molecule has 6 heteroatoms. The van der Waals surface area contributed by atoms with Gasteiger partial charge in [-0.15, -0.1) is 0 Å². The van der Waals surface area contributed by atoms with E-state index in [1.54, 1.807) is 0 Å². The molecule has 2 aliphatic heterocycles. The standard InChI is InChI=1S/C21H26ClN3O2/c1-2-25-8-4-6-18(25)14-24(12-16-5-3-7-23-11-16)13-17-9-20-21(10-19(17)22)27-15-26-20/h3,5,7,9-11,18H,2,4,6,8,12-15H2,1H3. The van der Waals surface area contributed by atoms with Crippen LogP contribution in [0, 0.1) is 0 Å². The van der Waals surface area contributed by atoms with Crippen LogP contribution in [0.25, 0.3) is 0 Å². The molecule has 144 valence electrons. The molecule has 3 heterocycles. The van der Waals surface area contributed by atoms with Gasteiger partial charge in [0.05, 0.1) is 0 Å². The molecular formula is C21H26ClN3O2. The third-order valence-corrected chi connectivity index (χ3v) is 5.79. The molecule has 0 saturated carbocycles. The second kappa shape index (κ2) is 8.46. The van der Waals surface area contributed by atoms with E-state index < -0.39 is 0 Å². The zero-order valence-electron chi connectivity index (χ0n) is 15.7. The van der Waals surface area contributed by atoms with Crippen molar-refractivity contribution in [1.29, 1.82) is 0 Å². The number of hydrogen-bond donors (Lipinski definition) is 0. The number of fused-ring (bicyclic) bond motifs is 1. The van der Waals surface area contributed by atoms with Crippen LogP contribution >= 0.6 is 11.6 Å². The zero-order chi connectivity index (χ0) is 18.6. The minimum Gasteiger partial charge on any atom is -0.454 e. The Morgan fingerprint density at radius 2 is 2.11 bits per heavy atom. The van der Waals surface area contributed by atoms with E-state index >= 15 is 0 Å². The molecular weight excluding hydrogens is 362 g/mol. The van der Waals surface area contributed by atoms with Crippen LogP contribution < -0.4 is 9.47 Å². The van der Waals surface area contributed by atoms with Gasteiger partial charge in [0, 0.05) is 49.2 Å². The van der Waals surface area contributed by atoms with Crippen LogP contribution in [0.4, 0.5) is 0 Å². The van der Waals surface area contributed by atoms with Gasteiger partial charge in [-0.2, -0.15) is 0 Å². The molecule has 5 nitrogen and oxygen atoms in total. The Morgan fingerprint density at radius 1 is 1.26 bits per heavy atom. The SMILES string of the molecule is CCN1CCCC1CN(Cc1cccnc1)Cc1cc2c(cc1Cl)OCO2. The molecule has 2 aromatic rings. The number of hydrogen-bond acceptors (Lipinski definition) is 5. The van der Waals surface area contributed by atoms with E-state index in [0.717, 1.165) is 48.3 Å². The van der Waals surface area contributed by atoms with Gasteiger partial charge in [-0.05, 0) is 49.2 Å². The largest absolute Gasteiger partial charge is 0.454 e. The lowest BCUT2D eigenvalue weighted by Crippen LogP contribution is -2.39. The fraction of sp³-hybridized carbons (Fsp3) is 0.476. The van der Waals surface area contributed by atoms with E-state index in [9.17, 15) is 0 Å². The first-order valence-electron chi connectivity index (χ1n) is 9.66. The van der Waals surface area contributed by atoms with E-state index in [2.05, 4.69) is 27.8 Å². The normalized spacial score (nSPS) is 19.1. The number of benzene rings is 1. The van der Waals surface area contributed by atoms with Crippen LogP contribution in [0.3, 0.4) is 0 Å². The van der Waals surface area contributed by atoms with Gasteiger partial charge in [0.25, 0.3) is 0 Å². The molecule has 1 unspecified atom stereocenters. The van der Waals surface area contributed by atoms with Crippen LogP contribution in [-0.2, 0) is 13.1 Å². The van der Waals surface area contributed by atoms with Gasteiger partial charge in [0.2, 0.25) is 6.79 Å². The van der Waals surface area contributed by atoms with Gasteiger partial charge in [0.1, 0.15) is 0 Å². The Balaban J connectivity index is 1.54. The van der Waals surface area contributed by atoms with Crippen molar-refractivity contribution in [3.63, 3.8) is 0 Å². The summed E-state index contributed by atoms with van der Waals surface area (Å²) in [6, 6.07) is 8.62. The van der Waals surface area contributed by atoms with Crippen molar-refractivity contribution in [2.75, 3.05) is 26.4 Å². The highest BCUT2D eigenvalue weighted by Gasteiger charge is 2.26. The van der Waals surface area contributed by atoms with E-state index in [0.29, 0.717) is 6.04 Å². The summed E-state index contributed by atoms with van der Waals surface area (Å²) in [6.07, 6.45) is 6.30. The Hall–Kier alpha value is -1.82. The predicted molar refractivity (Wildman–Crippen MR) is 106 cm³/mol. The third kappa shape index (κ3) is 4.37. The van der Waals surface area contributed by atoms with Crippen molar-refractivity contribution >= 4 is 11.6 Å². The summed E-state index contributed by atoms with van der Waals surface area (Å²) in [6.45, 7) is 7.47. The summed E-state index contributed by atoms with van der Waals surface area (Å²) < 4.78 is 11.0. The van der Waals surface area contributed by atoms with Crippen LogP contribution in [0.15, 0.2) is 36.7 Å². The topological polar surface area (TPSA) is 37.8 Å². The number of likely N-dealkylation sites (N-methyl/N-ethyl adjacent to an activating group) is 1. The van der Waals surface area contributed by atoms with Gasteiger partial charge in [-0.1, -0.05) is 24.6 Å². The van der Waals surface area contributed by atoms with Crippen molar-refractivity contribution in [3.05, 3.63) is 52.8 Å². The number of pyridine rings is 1. The Labute approximate surface area is 165 Å². The van der Waals surface area contributed by atoms with E-state index in [-0.39, 0.29) is 6.79 Å². The van der Waals surface area contributed by atoms with Crippen LogP contribution in [-0.4, -0.2) is 47.3 Å². The van der Waals surface area contributed by atoms with Crippen molar-refractivity contribution in [1.82, 2.24) is 14.8 Å². The van der Waals surface area contributed by atoms with E-state index in [1.165, 1.54) is 24.9 Å². The molecule has 0 N–H and O–H groups in total. The lowest BCUT2D eigenvalue weighted by Gasteiger charge is -2.30. The minimum atomic E-state index is 0.266. The number of rotatable bonds is 7. The van der Waals surface area contributed by atoms with E-state index in [4.69, 9.17) is 21.1 Å². The van der Waals surface area contributed by atoms with Crippen LogP contribution in [0.5, 0.6) is 11.5 Å². The zero-order valence-corrected chi connectivity index (χ0v) is 16.5. The van der Waals surface area contributed by atoms with Gasteiger partial charge >= 0.3 is 0 Å². The Morgan fingerprint density at radius 3 is 2.89 bits per heavy atom. The van der Waals surface area contributed by atoms with Crippen molar-refractivity contribution in [3.8, 4) is 11.5 Å². The highest BCUT2D eigenvalue weighted by Crippen LogP contribution is 2.37. The average molecular weight is 388 g/mol. The maximum absolute atomic E-state index is 6.54. The number of likely N-dealkylation sites (tertiary alicyclic amines) is 1. The molecule has 0 aliphatic carbocycles. The van der Waals surface area contributed by atoms with Crippen molar-refractivity contribution in [2.45, 2.75) is 38.9 Å². The lowest BCUT2D eigenvalue weighted by atomic mass is 10.1. The second-order valence-corrected chi connectivity index (χ2v) is 7.66. The summed E-state index contributed by atoms with van der Waals surface area (Å²) >= 11 is 6.54. The summed E-state index contributed by atoms with van der Waals surface area (Å²) in [5.41, 5.74) is 2.29. The van der Waals surface area contributed by atoms with Crippen molar-refractivity contribution < 1.29 is 9.47 Å². The van der Waals surface area contributed by atoms with Crippen molar-refractivity contribution in [2.24, 2.45) is 0 Å². The van der Waals surface area contributed by atoms with Crippen LogP contribution in [0.1, 0.15) is 30.9 Å². The first kappa shape index (κ1) is 18.5. The number of aromatic nitrogens is 1. The molecule has 1 aromatic carbocycles. The molecule has 1 saturated heterocycles. The lowest BCUT2D eigenvalue weighted by molar-refractivity contribution is 0.165. The number of halogens is 1. The molecule has 27 heavy (non-hydrogen) atoms. The van der Waals surface area contributed by atoms with Gasteiger partial charge < -0.3 is 9.47 Å². The maximum Gasteiger partial charge on any atom is 0.231 e. The average Bonchev–Trinajstić information content (AvgIpc) is 3.31. The molecule has 1 fully saturated rings. The first-order chi connectivity index (χ1) is 13.2. The molecule has 4 rings (SSSR count). The highest BCUT2D eigenvalue weighted by atomic mass is 35.5. The first-order valence-corrected chi connectivity index (χ1v) is 10.0. The molecule has 0 bridgehead atoms. The number of nitrogens with zero attached hydrogens (tertiary/aromatic N) is 3.